The molecule has 3 rings (SSSR count). The maximum atomic E-state index is 3.66. The van der Waals surface area contributed by atoms with Gasteiger partial charge in [0.2, 0.25) is 0 Å². The van der Waals surface area contributed by atoms with E-state index in [1.165, 1.54) is 43.6 Å². The zero-order chi connectivity index (χ0) is 13.2. The molecule has 0 spiro atoms. The number of nitrogens with zero attached hydrogens (tertiary/aromatic N) is 2. The van der Waals surface area contributed by atoms with Gasteiger partial charge in [-0.2, -0.15) is 0 Å². The van der Waals surface area contributed by atoms with E-state index in [0.717, 1.165) is 12.6 Å². The Kier molecular flexibility index (Phi) is 3.76. The number of likely N-dealkylation sites (N-methyl/N-ethyl adjacent to an activating group) is 1. The van der Waals surface area contributed by atoms with Gasteiger partial charge in [0.05, 0.1) is 0 Å². The predicted octanol–water partition coefficient (Wildman–Crippen LogP) is 2.05. The van der Waals surface area contributed by atoms with Gasteiger partial charge in [-0.05, 0) is 58.1 Å². The van der Waals surface area contributed by atoms with Gasteiger partial charge in [0, 0.05) is 24.3 Å². The van der Waals surface area contributed by atoms with E-state index in [-0.39, 0.29) is 0 Å². The lowest BCUT2D eigenvalue weighted by molar-refractivity contribution is 0.141. The zero-order valence-electron chi connectivity index (χ0n) is 12.1. The molecule has 1 saturated heterocycles. The van der Waals surface area contributed by atoms with E-state index in [9.17, 15) is 0 Å². The van der Waals surface area contributed by atoms with E-state index in [1.807, 2.05) is 0 Å². The Bertz CT molecular complexity index is 399. The number of nitrogens with one attached hydrogen (secondary N) is 1. The molecule has 2 heterocycles. The van der Waals surface area contributed by atoms with Crippen LogP contribution in [0.2, 0.25) is 0 Å². The van der Waals surface area contributed by atoms with Crippen LogP contribution in [0.4, 0.5) is 5.69 Å². The molecule has 3 nitrogen and oxygen atoms in total. The first-order valence-electron chi connectivity index (χ1n) is 7.45. The molecule has 2 aliphatic rings. The van der Waals surface area contributed by atoms with Crippen LogP contribution in [0.5, 0.6) is 0 Å². The van der Waals surface area contributed by atoms with E-state index in [1.54, 1.807) is 0 Å². The minimum atomic E-state index is 0.585. The summed E-state index contributed by atoms with van der Waals surface area (Å²) >= 11 is 0. The third-order valence-electron chi connectivity index (χ3n) is 4.66. The van der Waals surface area contributed by atoms with E-state index >= 15 is 0 Å². The third kappa shape index (κ3) is 2.93. The van der Waals surface area contributed by atoms with Crippen molar-refractivity contribution in [2.75, 3.05) is 39.0 Å². The number of hydrogen-bond acceptors (Lipinski definition) is 3. The Morgan fingerprint density at radius 1 is 1.26 bits per heavy atom. The van der Waals surface area contributed by atoms with Crippen LogP contribution in [0, 0.1) is 0 Å². The summed E-state index contributed by atoms with van der Waals surface area (Å²) in [5.41, 5.74) is 2.81. The summed E-state index contributed by atoms with van der Waals surface area (Å²) in [5.74, 6) is 0. The lowest BCUT2D eigenvalue weighted by atomic mass is 10.0. The number of fused-ring (bicyclic) bond motifs is 1. The highest BCUT2D eigenvalue weighted by atomic mass is 15.2. The summed E-state index contributed by atoms with van der Waals surface area (Å²) in [6.07, 6.45) is 3.80. The Morgan fingerprint density at radius 3 is 2.74 bits per heavy atom. The molecule has 1 aromatic rings. The molecule has 3 heteroatoms. The van der Waals surface area contributed by atoms with Crippen molar-refractivity contribution in [1.82, 2.24) is 9.80 Å². The van der Waals surface area contributed by atoms with Gasteiger partial charge in [0.15, 0.2) is 0 Å². The molecule has 19 heavy (non-hydrogen) atoms. The monoisotopic (exact) mass is 259 g/mol. The first-order valence-corrected chi connectivity index (χ1v) is 7.45. The van der Waals surface area contributed by atoms with Crippen molar-refractivity contribution in [3.63, 3.8) is 0 Å². The number of piperidine rings is 1. The number of anilines is 1. The van der Waals surface area contributed by atoms with Crippen LogP contribution in [0.1, 0.15) is 18.4 Å². The second kappa shape index (κ2) is 5.51. The molecule has 0 radical (unpaired) electrons. The van der Waals surface area contributed by atoms with Gasteiger partial charge in [0.25, 0.3) is 0 Å². The standard InChI is InChI=1S/C16H25N3/c1-18-9-7-15(8-10-18)19(2)12-14-11-13-5-3-4-6-16(13)17-14/h3-6,14-15,17H,7-12H2,1-2H3. The number of hydrogen-bond donors (Lipinski definition) is 1. The zero-order valence-corrected chi connectivity index (χ0v) is 12.1. The van der Waals surface area contributed by atoms with Crippen molar-refractivity contribution in [2.24, 2.45) is 0 Å². The van der Waals surface area contributed by atoms with Crippen molar-refractivity contribution in [2.45, 2.75) is 31.3 Å². The van der Waals surface area contributed by atoms with Gasteiger partial charge >= 0.3 is 0 Å². The Balaban J connectivity index is 1.53. The molecule has 0 saturated carbocycles. The van der Waals surface area contributed by atoms with Gasteiger partial charge in [-0.3, -0.25) is 0 Å². The molecule has 1 N–H and O–H groups in total. The maximum absolute atomic E-state index is 3.66. The Morgan fingerprint density at radius 2 is 2.00 bits per heavy atom. The van der Waals surface area contributed by atoms with Crippen LogP contribution < -0.4 is 5.32 Å². The Labute approximate surface area is 116 Å². The second-order valence-electron chi connectivity index (χ2n) is 6.18. The topological polar surface area (TPSA) is 18.5 Å². The maximum Gasteiger partial charge on any atom is 0.0429 e. The third-order valence-corrected chi connectivity index (χ3v) is 4.66. The van der Waals surface area contributed by atoms with Crippen LogP contribution >= 0.6 is 0 Å². The fraction of sp³-hybridized carbons (Fsp3) is 0.625. The molecular formula is C16H25N3. The molecule has 0 aromatic heterocycles. The van der Waals surface area contributed by atoms with Crippen LogP contribution in [-0.4, -0.2) is 55.6 Å². The Hall–Kier alpha value is -1.06. The summed E-state index contributed by atoms with van der Waals surface area (Å²) in [6.45, 7) is 3.64. The van der Waals surface area contributed by atoms with Crippen LogP contribution in [0.3, 0.4) is 0 Å². The first kappa shape index (κ1) is 12.9. The number of para-hydroxylation sites is 1. The largest absolute Gasteiger partial charge is 0.380 e. The fourth-order valence-electron chi connectivity index (χ4n) is 3.42. The van der Waals surface area contributed by atoms with Gasteiger partial charge in [-0.15, -0.1) is 0 Å². The van der Waals surface area contributed by atoms with Gasteiger partial charge in [0.1, 0.15) is 0 Å². The summed E-state index contributed by atoms with van der Waals surface area (Å²) in [5, 5.41) is 3.66. The average molecular weight is 259 g/mol. The number of likely N-dealkylation sites (tertiary alicyclic amines) is 1. The molecule has 2 aliphatic heterocycles. The molecule has 1 atom stereocenters. The average Bonchev–Trinajstić information content (AvgIpc) is 2.81. The highest BCUT2D eigenvalue weighted by Gasteiger charge is 2.25. The summed E-state index contributed by atoms with van der Waals surface area (Å²) < 4.78 is 0. The number of benzene rings is 1. The van der Waals surface area contributed by atoms with E-state index in [4.69, 9.17) is 0 Å². The van der Waals surface area contributed by atoms with Crippen LogP contribution in [0.15, 0.2) is 24.3 Å². The predicted molar refractivity (Wildman–Crippen MR) is 80.7 cm³/mol. The highest BCUT2D eigenvalue weighted by molar-refractivity contribution is 5.56. The summed E-state index contributed by atoms with van der Waals surface area (Å²) in [4.78, 5) is 5.00. The number of rotatable bonds is 3. The molecule has 1 aromatic carbocycles. The van der Waals surface area contributed by atoms with Gasteiger partial charge < -0.3 is 15.1 Å². The van der Waals surface area contributed by atoms with Gasteiger partial charge in [-0.1, -0.05) is 18.2 Å². The molecule has 104 valence electrons. The summed E-state index contributed by atoms with van der Waals surface area (Å²) in [6, 6.07) is 10.1. The van der Waals surface area contributed by atoms with Crippen molar-refractivity contribution >= 4 is 5.69 Å². The lowest BCUT2D eigenvalue weighted by Gasteiger charge is -2.36. The normalized spacial score (nSPS) is 24.5. The first-order chi connectivity index (χ1) is 9.22. The van der Waals surface area contributed by atoms with Crippen molar-refractivity contribution in [3.8, 4) is 0 Å². The molecule has 1 fully saturated rings. The van der Waals surface area contributed by atoms with E-state index < -0.39 is 0 Å². The quantitative estimate of drug-likeness (QED) is 0.896. The molecular weight excluding hydrogens is 234 g/mol. The summed E-state index contributed by atoms with van der Waals surface area (Å²) in [7, 11) is 4.52. The van der Waals surface area contributed by atoms with Crippen LogP contribution in [0.25, 0.3) is 0 Å². The van der Waals surface area contributed by atoms with Crippen molar-refractivity contribution in [3.05, 3.63) is 29.8 Å². The lowest BCUT2D eigenvalue weighted by Crippen LogP contribution is -2.45. The second-order valence-corrected chi connectivity index (χ2v) is 6.18. The molecule has 0 amide bonds. The van der Waals surface area contributed by atoms with E-state index in [2.05, 4.69) is 53.5 Å². The minimum absolute atomic E-state index is 0.585. The van der Waals surface area contributed by atoms with Gasteiger partial charge in [-0.25, -0.2) is 0 Å². The van der Waals surface area contributed by atoms with Crippen molar-refractivity contribution < 1.29 is 0 Å². The highest BCUT2D eigenvalue weighted by Crippen LogP contribution is 2.26. The smallest absolute Gasteiger partial charge is 0.0429 e. The molecule has 1 unspecified atom stereocenters. The SMILES string of the molecule is CN1CCC(N(C)CC2Cc3ccccc3N2)CC1. The fourth-order valence-corrected chi connectivity index (χ4v) is 3.42. The molecule has 0 aliphatic carbocycles. The molecule has 0 bridgehead atoms. The van der Waals surface area contributed by atoms with Crippen LogP contribution in [-0.2, 0) is 6.42 Å². The van der Waals surface area contributed by atoms with E-state index in [0.29, 0.717) is 6.04 Å². The van der Waals surface area contributed by atoms with Crippen molar-refractivity contribution in [1.29, 1.82) is 0 Å². The minimum Gasteiger partial charge on any atom is -0.380 e.